The molecule has 0 fully saturated rings. The predicted molar refractivity (Wildman–Crippen MR) is 119 cm³/mol. The van der Waals surface area contributed by atoms with E-state index in [1.54, 1.807) is 24.3 Å². The lowest BCUT2D eigenvalue weighted by Crippen LogP contribution is -2.14. The molecule has 8 nitrogen and oxygen atoms in total. The molecule has 32 heavy (non-hydrogen) atoms. The van der Waals surface area contributed by atoms with Crippen molar-refractivity contribution in [2.24, 2.45) is 0 Å². The largest absolute Gasteiger partial charge is 0.495 e. The zero-order chi connectivity index (χ0) is 22.9. The van der Waals surface area contributed by atoms with Crippen LogP contribution in [-0.4, -0.2) is 17.9 Å². The average molecular weight is 429 g/mol. The molecule has 160 valence electrons. The molecule has 0 saturated heterocycles. The molecule has 0 heterocycles. The number of carbonyl (C=O) groups excluding carboxylic acids is 1. The van der Waals surface area contributed by atoms with E-state index in [2.05, 4.69) is 5.32 Å². The van der Waals surface area contributed by atoms with Gasteiger partial charge in [0.25, 0.3) is 11.6 Å². The summed E-state index contributed by atoms with van der Waals surface area (Å²) in [4.78, 5) is 23.0. The van der Waals surface area contributed by atoms with Gasteiger partial charge in [-0.05, 0) is 35.4 Å². The maximum atomic E-state index is 12.6. The lowest BCUT2D eigenvalue weighted by Gasteiger charge is -2.09. The summed E-state index contributed by atoms with van der Waals surface area (Å²) in [5.74, 6) is 0.173. The molecule has 1 N–H and O–H groups in total. The van der Waals surface area contributed by atoms with Gasteiger partial charge in [-0.3, -0.25) is 14.9 Å². The number of carbonyl (C=O) groups is 1. The van der Waals surface area contributed by atoms with Crippen molar-refractivity contribution in [3.8, 4) is 17.6 Å². The number of rotatable bonds is 8. The smallest absolute Gasteiger partial charge is 0.271 e. The van der Waals surface area contributed by atoms with Crippen molar-refractivity contribution in [3.63, 3.8) is 0 Å². The van der Waals surface area contributed by atoms with Crippen LogP contribution in [0, 0.1) is 21.4 Å². The molecule has 0 aliphatic carbocycles. The van der Waals surface area contributed by atoms with Crippen LogP contribution in [0.3, 0.4) is 0 Å². The van der Waals surface area contributed by atoms with Gasteiger partial charge in [-0.1, -0.05) is 42.5 Å². The third-order valence-electron chi connectivity index (χ3n) is 4.45. The topological polar surface area (TPSA) is 114 Å². The monoisotopic (exact) mass is 429 g/mol. The third-order valence-corrected chi connectivity index (χ3v) is 4.45. The zero-order valence-corrected chi connectivity index (χ0v) is 17.1. The molecule has 0 unspecified atom stereocenters. The summed E-state index contributed by atoms with van der Waals surface area (Å²) in [6.45, 7) is 0.424. The predicted octanol–water partition coefficient (Wildman–Crippen LogP) is 4.73. The van der Waals surface area contributed by atoms with Gasteiger partial charge in [0, 0.05) is 12.1 Å². The van der Waals surface area contributed by atoms with Gasteiger partial charge in [0.1, 0.15) is 29.7 Å². The molecule has 0 spiro atoms. The minimum absolute atomic E-state index is 0.0949. The summed E-state index contributed by atoms with van der Waals surface area (Å²) in [6.07, 6.45) is 1.42. The molecular weight excluding hydrogens is 410 g/mol. The van der Waals surface area contributed by atoms with Crippen LogP contribution in [0.5, 0.6) is 11.5 Å². The summed E-state index contributed by atoms with van der Waals surface area (Å²) in [5.41, 5.74) is 1.37. The van der Waals surface area contributed by atoms with Crippen LogP contribution in [0.15, 0.2) is 78.4 Å². The minimum Gasteiger partial charge on any atom is -0.495 e. The number of nitro groups is 1. The number of hydrogen-bond acceptors (Lipinski definition) is 6. The first-order valence-corrected chi connectivity index (χ1v) is 9.52. The van der Waals surface area contributed by atoms with Crippen molar-refractivity contribution in [2.75, 3.05) is 12.4 Å². The molecule has 1 amide bonds. The maximum Gasteiger partial charge on any atom is 0.271 e. The lowest BCUT2D eigenvalue weighted by atomic mass is 10.1. The molecule has 8 heteroatoms. The summed E-state index contributed by atoms with van der Waals surface area (Å²) in [5, 5.41) is 22.9. The minimum atomic E-state index is -0.712. The van der Waals surface area contributed by atoms with Gasteiger partial charge >= 0.3 is 0 Å². The van der Waals surface area contributed by atoms with Crippen molar-refractivity contribution in [1.29, 1.82) is 5.26 Å². The number of ether oxygens (including phenoxy) is 2. The fraction of sp³-hybridized carbons (Fsp3) is 0.0833. The molecule has 0 radical (unpaired) electrons. The van der Waals surface area contributed by atoms with Gasteiger partial charge in [0.2, 0.25) is 0 Å². The summed E-state index contributed by atoms with van der Waals surface area (Å²) in [6, 6.07) is 22.3. The molecule has 3 rings (SSSR count). The molecule has 0 aliphatic rings. The molecule has 3 aromatic rings. The van der Waals surface area contributed by atoms with E-state index in [1.165, 1.54) is 31.4 Å². The number of amides is 1. The van der Waals surface area contributed by atoms with E-state index in [9.17, 15) is 20.2 Å². The van der Waals surface area contributed by atoms with Gasteiger partial charge < -0.3 is 14.8 Å². The first kappa shape index (κ1) is 22.1. The Morgan fingerprint density at radius 3 is 2.47 bits per heavy atom. The standard InChI is InChI=1S/C24H19N3O5/c1-31-23-12-9-20(27(29)30)14-22(23)26-24(28)19(15-25)13-17-7-10-21(11-8-17)32-16-18-5-3-2-4-6-18/h2-14H,16H2,1H3,(H,26,28)/b19-13+. The van der Waals surface area contributed by atoms with Crippen molar-refractivity contribution in [3.05, 3.63) is 99.6 Å². The fourth-order valence-corrected chi connectivity index (χ4v) is 2.81. The Morgan fingerprint density at radius 1 is 1.12 bits per heavy atom. The van der Waals surface area contributed by atoms with Crippen molar-refractivity contribution >= 4 is 23.4 Å². The molecule has 0 atom stereocenters. The SMILES string of the molecule is COc1ccc([N+](=O)[O-])cc1NC(=O)/C(C#N)=C/c1ccc(OCc2ccccc2)cc1. The van der Waals surface area contributed by atoms with Gasteiger partial charge in [0.05, 0.1) is 17.7 Å². The second-order valence-electron chi connectivity index (χ2n) is 6.61. The van der Waals surface area contributed by atoms with Crippen LogP contribution >= 0.6 is 0 Å². The fourth-order valence-electron chi connectivity index (χ4n) is 2.81. The highest BCUT2D eigenvalue weighted by molar-refractivity contribution is 6.10. The Hall–Kier alpha value is -4.64. The van der Waals surface area contributed by atoms with Crippen LogP contribution in [0.1, 0.15) is 11.1 Å². The quantitative estimate of drug-likeness (QED) is 0.240. The number of methoxy groups -OCH3 is 1. The molecule has 0 bridgehead atoms. The number of hydrogen-bond donors (Lipinski definition) is 1. The van der Waals surface area contributed by atoms with Gasteiger partial charge in [0.15, 0.2) is 0 Å². The Balaban J connectivity index is 1.71. The summed E-state index contributed by atoms with van der Waals surface area (Å²) >= 11 is 0. The van der Waals surface area contributed by atoms with Crippen LogP contribution in [-0.2, 0) is 11.4 Å². The van der Waals surface area contributed by atoms with E-state index in [0.29, 0.717) is 17.9 Å². The number of nitriles is 1. The second-order valence-corrected chi connectivity index (χ2v) is 6.61. The molecule has 0 aliphatic heterocycles. The first-order chi connectivity index (χ1) is 15.5. The third kappa shape index (κ3) is 5.70. The van der Waals surface area contributed by atoms with Crippen LogP contribution in [0.25, 0.3) is 6.08 Å². The Bertz CT molecular complexity index is 1180. The molecule has 3 aromatic carbocycles. The summed E-state index contributed by atoms with van der Waals surface area (Å²) < 4.78 is 10.9. The Labute approximate surface area is 184 Å². The highest BCUT2D eigenvalue weighted by atomic mass is 16.6. The van der Waals surface area contributed by atoms with Crippen LogP contribution < -0.4 is 14.8 Å². The number of anilines is 1. The van der Waals surface area contributed by atoms with Crippen molar-refractivity contribution < 1.29 is 19.2 Å². The van der Waals surface area contributed by atoms with Crippen LogP contribution in [0.4, 0.5) is 11.4 Å². The Morgan fingerprint density at radius 2 is 1.84 bits per heavy atom. The zero-order valence-electron chi connectivity index (χ0n) is 17.1. The van der Waals surface area contributed by atoms with E-state index in [1.807, 2.05) is 36.4 Å². The highest BCUT2D eigenvalue weighted by Gasteiger charge is 2.16. The van der Waals surface area contributed by atoms with E-state index in [0.717, 1.165) is 5.56 Å². The van der Waals surface area contributed by atoms with E-state index < -0.39 is 10.8 Å². The average Bonchev–Trinajstić information content (AvgIpc) is 2.82. The van der Waals surface area contributed by atoms with E-state index >= 15 is 0 Å². The number of nitrogens with one attached hydrogen (secondary N) is 1. The summed E-state index contributed by atoms with van der Waals surface area (Å²) in [7, 11) is 1.37. The Kier molecular flexibility index (Phi) is 7.17. The first-order valence-electron chi connectivity index (χ1n) is 9.52. The van der Waals surface area contributed by atoms with Crippen molar-refractivity contribution in [1.82, 2.24) is 0 Å². The number of nitro benzene ring substituents is 1. The highest BCUT2D eigenvalue weighted by Crippen LogP contribution is 2.29. The second kappa shape index (κ2) is 10.4. The van der Waals surface area contributed by atoms with Gasteiger partial charge in [-0.15, -0.1) is 0 Å². The van der Waals surface area contributed by atoms with Crippen LogP contribution in [0.2, 0.25) is 0 Å². The maximum absolute atomic E-state index is 12.6. The number of benzene rings is 3. The van der Waals surface area contributed by atoms with Crippen molar-refractivity contribution in [2.45, 2.75) is 6.61 Å². The normalized spacial score (nSPS) is 10.7. The van der Waals surface area contributed by atoms with Gasteiger partial charge in [-0.25, -0.2) is 0 Å². The van der Waals surface area contributed by atoms with E-state index in [4.69, 9.17) is 9.47 Å². The van der Waals surface area contributed by atoms with Gasteiger partial charge in [-0.2, -0.15) is 5.26 Å². The molecule has 0 aromatic heterocycles. The number of nitrogens with zero attached hydrogens (tertiary/aromatic N) is 2. The molecular formula is C24H19N3O5. The number of non-ortho nitro benzene ring substituents is 1. The lowest BCUT2D eigenvalue weighted by molar-refractivity contribution is -0.384. The van der Waals surface area contributed by atoms with E-state index in [-0.39, 0.29) is 22.7 Å². The molecule has 0 saturated carbocycles.